The molecule has 4 rings (SSSR count). The predicted octanol–water partition coefficient (Wildman–Crippen LogP) is 9.73. The molecule has 0 aliphatic rings. The van der Waals surface area contributed by atoms with E-state index in [4.69, 9.17) is 32.7 Å². The van der Waals surface area contributed by atoms with E-state index in [1.807, 2.05) is 0 Å². The zero-order chi connectivity index (χ0) is 29.2. The van der Waals surface area contributed by atoms with Crippen molar-refractivity contribution in [3.8, 4) is 34.1 Å². The van der Waals surface area contributed by atoms with Crippen molar-refractivity contribution in [2.24, 2.45) is 0 Å². The van der Waals surface area contributed by atoms with Crippen LogP contribution in [0.15, 0.2) is 84.9 Å². The fourth-order valence-electron chi connectivity index (χ4n) is 3.57. The van der Waals surface area contributed by atoms with Gasteiger partial charge in [-0.15, -0.1) is 0 Å². The highest BCUT2D eigenvalue weighted by atomic mass is 35.5. The Bertz CT molecular complexity index is 1530. The molecule has 4 aromatic rings. The molecular formula is C28H14Cl2F6O4. The maximum atomic E-state index is 13.6. The van der Waals surface area contributed by atoms with E-state index >= 15 is 0 Å². The first-order valence-electron chi connectivity index (χ1n) is 11.1. The fourth-order valence-corrected chi connectivity index (χ4v) is 3.82. The zero-order valence-corrected chi connectivity index (χ0v) is 21.3. The Hall–Kier alpha value is -4.02. The van der Waals surface area contributed by atoms with Crippen molar-refractivity contribution in [2.75, 3.05) is 0 Å². The van der Waals surface area contributed by atoms with E-state index in [2.05, 4.69) is 0 Å². The highest BCUT2D eigenvalue weighted by molar-refractivity contribution is 6.68. The predicted molar refractivity (Wildman–Crippen MR) is 135 cm³/mol. The Labute approximate surface area is 232 Å². The number of rotatable bonds is 7. The summed E-state index contributed by atoms with van der Waals surface area (Å²) < 4.78 is 92.9. The number of carbonyl (C=O) groups excluding carboxylic acids is 2. The topological polar surface area (TPSA) is 52.6 Å². The Kier molecular flexibility index (Phi) is 8.13. The summed E-state index contributed by atoms with van der Waals surface area (Å²) >= 11 is 10.9. The standard InChI is InChI=1S/C28H14Cl2F6O4/c29-25(37)15-1-5-20(6-2-15)39-22-9-10-24(40-21-7-3-16(4-8-21)26(30)38)23(14-22)17-11-18(27(31,32)33)13-19(12-17)28(34,35)36/h1-14H. The van der Waals surface area contributed by atoms with Crippen LogP contribution in [0.1, 0.15) is 31.8 Å². The minimum Gasteiger partial charge on any atom is -0.457 e. The third kappa shape index (κ3) is 6.94. The second kappa shape index (κ2) is 11.2. The van der Waals surface area contributed by atoms with Crippen LogP contribution in [0.5, 0.6) is 23.0 Å². The zero-order valence-electron chi connectivity index (χ0n) is 19.7. The molecule has 206 valence electrons. The smallest absolute Gasteiger partial charge is 0.416 e. The molecule has 4 nitrogen and oxygen atoms in total. The summed E-state index contributed by atoms with van der Waals surface area (Å²) in [5, 5.41) is -1.44. The molecule has 0 aliphatic carbocycles. The number of carbonyl (C=O) groups is 2. The minimum atomic E-state index is -5.07. The third-order valence-electron chi connectivity index (χ3n) is 5.48. The summed E-state index contributed by atoms with van der Waals surface area (Å²) in [5.74, 6) is 0.276. The molecule has 40 heavy (non-hydrogen) atoms. The molecule has 0 heterocycles. The number of hydrogen-bond donors (Lipinski definition) is 0. The van der Waals surface area contributed by atoms with Crippen LogP contribution < -0.4 is 9.47 Å². The average Bonchev–Trinajstić information content (AvgIpc) is 2.89. The lowest BCUT2D eigenvalue weighted by Gasteiger charge is -2.17. The van der Waals surface area contributed by atoms with E-state index in [1.165, 1.54) is 66.7 Å². The van der Waals surface area contributed by atoms with Crippen LogP contribution in [0.2, 0.25) is 0 Å². The highest BCUT2D eigenvalue weighted by Crippen LogP contribution is 2.43. The monoisotopic (exact) mass is 598 g/mol. The summed E-state index contributed by atoms with van der Waals surface area (Å²) in [5.41, 5.74) is -3.30. The molecule has 0 amide bonds. The van der Waals surface area contributed by atoms with Gasteiger partial charge < -0.3 is 9.47 Å². The SMILES string of the molecule is O=C(Cl)c1ccc(Oc2ccc(Oc3ccc(C(=O)Cl)cc3)c(-c3cc(C(F)(F)F)cc(C(F)(F)F)c3)c2)cc1. The maximum absolute atomic E-state index is 13.6. The van der Waals surface area contributed by atoms with Crippen molar-refractivity contribution in [3.63, 3.8) is 0 Å². The van der Waals surface area contributed by atoms with Crippen LogP contribution in [0.3, 0.4) is 0 Å². The minimum absolute atomic E-state index is 0.0198. The van der Waals surface area contributed by atoms with E-state index in [1.54, 1.807) is 0 Å². The molecule has 0 unspecified atom stereocenters. The van der Waals surface area contributed by atoms with Crippen molar-refractivity contribution in [3.05, 3.63) is 107 Å². The Balaban J connectivity index is 1.83. The van der Waals surface area contributed by atoms with Crippen molar-refractivity contribution < 1.29 is 45.4 Å². The van der Waals surface area contributed by atoms with Crippen LogP contribution in [0, 0.1) is 0 Å². The van der Waals surface area contributed by atoms with Crippen LogP contribution in [0.25, 0.3) is 11.1 Å². The first kappa shape index (κ1) is 29.0. The molecule has 0 radical (unpaired) electrons. The summed E-state index contributed by atoms with van der Waals surface area (Å²) in [6.45, 7) is 0. The van der Waals surface area contributed by atoms with Crippen molar-refractivity contribution >= 4 is 33.7 Å². The summed E-state index contributed by atoms with van der Waals surface area (Å²) in [4.78, 5) is 22.6. The molecule has 0 N–H and O–H groups in total. The third-order valence-corrected chi connectivity index (χ3v) is 5.91. The lowest BCUT2D eigenvalue weighted by molar-refractivity contribution is -0.143. The van der Waals surface area contributed by atoms with Gasteiger partial charge in [-0.05, 0) is 114 Å². The number of hydrogen-bond acceptors (Lipinski definition) is 4. The summed E-state index contributed by atoms with van der Waals surface area (Å²) in [6, 6.07) is 16.0. The van der Waals surface area contributed by atoms with Gasteiger partial charge >= 0.3 is 12.4 Å². The molecule has 0 saturated carbocycles. The molecule has 0 fully saturated rings. The van der Waals surface area contributed by atoms with Gasteiger partial charge in [0.1, 0.15) is 23.0 Å². The van der Waals surface area contributed by atoms with Crippen LogP contribution in [-0.4, -0.2) is 10.5 Å². The van der Waals surface area contributed by atoms with Gasteiger partial charge in [0.05, 0.1) is 11.1 Å². The van der Waals surface area contributed by atoms with Gasteiger partial charge in [-0.2, -0.15) is 26.3 Å². The first-order valence-corrected chi connectivity index (χ1v) is 11.9. The van der Waals surface area contributed by atoms with Crippen LogP contribution >= 0.6 is 23.2 Å². The van der Waals surface area contributed by atoms with Crippen molar-refractivity contribution in [1.82, 2.24) is 0 Å². The fraction of sp³-hybridized carbons (Fsp3) is 0.0714. The second-order valence-electron chi connectivity index (χ2n) is 8.25. The number of ether oxygens (including phenoxy) is 2. The molecule has 4 aromatic carbocycles. The lowest BCUT2D eigenvalue weighted by Crippen LogP contribution is -2.11. The molecule has 0 saturated heterocycles. The van der Waals surface area contributed by atoms with Crippen molar-refractivity contribution in [2.45, 2.75) is 12.4 Å². The van der Waals surface area contributed by atoms with E-state index < -0.39 is 39.5 Å². The van der Waals surface area contributed by atoms with E-state index in [9.17, 15) is 35.9 Å². The van der Waals surface area contributed by atoms with Gasteiger partial charge in [-0.3, -0.25) is 9.59 Å². The van der Waals surface area contributed by atoms with E-state index in [-0.39, 0.29) is 45.8 Å². The average molecular weight is 599 g/mol. The first-order chi connectivity index (χ1) is 18.7. The molecule has 0 spiro atoms. The Morgan fingerprint density at radius 2 is 0.975 bits per heavy atom. The lowest BCUT2D eigenvalue weighted by atomic mass is 9.98. The van der Waals surface area contributed by atoms with Gasteiger partial charge in [0.25, 0.3) is 10.5 Å². The van der Waals surface area contributed by atoms with E-state index in [0.717, 1.165) is 0 Å². The van der Waals surface area contributed by atoms with Crippen LogP contribution in [0.4, 0.5) is 26.3 Å². The summed E-state index contributed by atoms with van der Waals surface area (Å²) in [7, 11) is 0. The normalized spacial score (nSPS) is 11.7. The quantitative estimate of drug-likeness (QED) is 0.157. The number of halogens is 8. The second-order valence-corrected chi connectivity index (χ2v) is 8.94. The maximum Gasteiger partial charge on any atom is 0.416 e. The highest BCUT2D eigenvalue weighted by Gasteiger charge is 2.37. The van der Waals surface area contributed by atoms with Gasteiger partial charge in [0.2, 0.25) is 0 Å². The summed E-state index contributed by atoms with van der Waals surface area (Å²) in [6.07, 6.45) is -10.1. The Morgan fingerprint density at radius 1 is 0.550 bits per heavy atom. The molecular weight excluding hydrogens is 585 g/mol. The Morgan fingerprint density at radius 3 is 1.40 bits per heavy atom. The molecule has 0 aromatic heterocycles. The van der Waals surface area contributed by atoms with Gasteiger partial charge in [0, 0.05) is 16.7 Å². The largest absolute Gasteiger partial charge is 0.457 e. The van der Waals surface area contributed by atoms with Gasteiger partial charge in [0.15, 0.2) is 0 Å². The molecule has 0 bridgehead atoms. The van der Waals surface area contributed by atoms with Gasteiger partial charge in [-0.25, -0.2) is 0 Å². The van der Waals surface area contributed by atoms with Crippen LogP contribution in [-0.2, 0) is 12.4 Å². The number of benzene rings is 4. The molecule has 12 heteroatoms. The molecule has 0 aliphatic heterocycles. The van der Waals surface area contributed by atoms with Crippen molar-refractivity contribution in [1.29, 1.82) is 0 Å². The van der Waals surface area contributed by atoms with Gasteiger partial charge in [-0.1, -0.05) is 0 Å². The number of alkyl halides is 6. The molecule has 0 atom stereocenters. The van der Waals surface area contributed by atoms with E-state index in [0.29, 0.717) is 12.1 Å².